The first-order valence-corrected chi connectivity index (χ1v) is 8.03. The predicted octanol–water partition coefficient (Wildman–Crippen LogP) is 0.964. The van der Waals surface area contributed by atoms with Crippen LogP contribution in [0.5, 0.6) is 0 Å². The van der Waals surface area contributed by atoms with E-state index in [-0.39, 0.29) is 19.0 Å². The average molecular weight is 326 g/mol. The monoisotopic (exact) mass is 325 g/mol. The van der Waals surface area contributed by atoms with Crippen LogP contribution in [0.15, 0.2) is 0 Å². The third-order valence-electron chi connectivity index (χ3n) is 4.25. The molecular weight excluding hydrogens is 294 g/mol. The lowest BCUT2D eigenvalue weighted by Gasteiger charge is -2.22. The summed E-state index contributed by atoms with van der Waals surface area (Å²) >= 11 is 0. The molecule has 1 aliphatic heterocycles. The highest BCUT2D eigenvalue weighted by atomic mass is 35.5. The molecule has 6 heteroatoms. The molecule has 0 saturated carbocycles. The van der Waals surface area contributed by atoms with E-state index >= 15 is 0 Å². The number of unbranched alkanes of at least 4 members (excludes halogenated alkanes) is 6. The van der Waals surface area contributed by atoms with Crippen molar-refractivity contribution >= 4 is 12.4 Å². The number of aliphatic hydroxyl groups excluding tert-OH is 4. The first-order chi connectivity index (χ1) is 9.61. The van der Waals surface area contributed by atoms with Crippen molar-refractivity contribution in [3.8, 4) is 0 Å². The van der Waals surface area contributed by atoms with E-state index in [9.17, 15) is 15.3 Å². The topological polar surface area (TPSA) is 93.0 Å². The van der Waals surface area contributed by atoms with Gasteiger partial charge in [-0.3, -0.25) is 0 Å². The highest BCUT2D eigenvalue weighted by Gasteiger charge is 2.43. The molecule has 0 aromatic carbocycles. The van der Waals surface area contributed by atoms with Gasteiger partial charge in [-0.15, -0.1) is 12.4 Å². The van der Waals surface area contributed by atoms with Crippen LogP contribution < -0.4 is 5.32 Å². The van der Waals surface area contributed by atoms with Gasteiger partial charge < -0.3 is 25.7 Å². The van der Waals surface area contributed by atoms with E-state index < -0.39 is 30.4 Å². The molecule has 21 heavy (non-hydrogen) atoms. The first kappa shape index (κ1) is 21.1. The summed E-state index contributed by atoms with van der Waals surface area (Å²) in [7, 11) is 0. The Balaban J connectivity index is 0.00000400. The normalized spacial score (nSPS) is 30.1. The molecule has 0 bridgehead atoms. The zero-order chi connectivity index (χ0) is 15.0. The third kappa shape index (κ3) is 6.80. The van der Waals surface area contributed by atoms with Crippen LogP contribution in [-0.4, -0.2) is 57.4 Å². The summed E-state index contributed by atoms with van der Waals surface area (Å²) in [5, 5.41) is 41.6. The Labute approximate surface area is 134 Å². The van der Waals surface area contributed by atoms with Crippen LogP contribution in [0, 0.1) is 0 Å². The minimum absolute atomic E-state index is 0. The van der Waals surface area contributed by atoms with Gasteiger partial charge in [-0.1, -0.05) is 51.9 Å². The second-order valence-electron chi connectivity index (χ2n) is 5.94. The third-order valence-corrected chi connectivity index (χ3v) is 4.25. The van der Waals surface area contributed by atoms with Gasteiger partial charge in [0.15, 0.2) is 0 Å². The van der Waals surface area contributed by atoms with E-state index in [0.29, 0.717) is 6.42 Å². The molecule has 128 valence electrons. The summed E-state index contributed by atoms with van der Waals surface area (Å²) in [6.45, 7) is 1.96. The predicted molar refractivity (Wildman–Crippen MR) is 85.7 cm³/mol. The van der Waals surface area contributed by atoms with Gasteiger partial charge in [0.25, 0.3) is 0 Å². The summed E-state index contributed by atoms with van der Waals surface area (Å²) in [6.07, 6.45) is 6.22. The number of aliphatic hydroxyl groups is 4. The number of nitrogens with one attached hydrogen (secondary N) is 1. The molecule has 0 unspecified atom stereocenters. The second-order valence-corrected chi connectivity index (χ2v) is 5.94. The zero-order valence-electron chi connectivity index (χ0n) is 12.9. The van der Waals surface area contributed by atoms with Crippen LogP contribution in [-0.2, 0) is 0 Å². The molecule has 5 N–H and O–H groups in total. The highest BCUT2D eigenvalue weighted by molar-refractivity contribution is 5.85. The van der Waals surface area contributed by atoms with Crippen molar-refractivity contribution in [1.82, 2.24) is 5.32 Å². The van der Waals surface area contributed by atoms with Gasteiger partial charge in [-0.25, -0.2) is 0 Å². The molecule has 1 aliphatic rings. The zero-order valence-corrected chi connectivity index (χ0v) is 13.8. The van der Waals surface area contributed by atoms with Crippen LogP contribution in [0.4, 0.5) is 0 Å². The summed E-state index contributed by atoms with van der Waals surface area (Å²) in [4.78, 5) is 0. The minimum atomic E-state index is -1.01. The van der Waals surface area contributed by atoms with E-state index in [2.05, 4.69) is 12.2 Å². The molecule has 1 saturated heterocycles. The van der Waals surface area contributed by atoms with Crippen molar-refractivity contribution < 1.29 is 20.4 Å². The standard InChI is InChI=1S/C15H31NO4.ClH/c1-2-3-4-5-6-7-8-9-12(18)13-15(20)14(19)11(10-17)16-13;/h11-20H,2-10H2,1H3;1H/t11-,12+,13-,14-,15-;/m1./s1. The lowest BCUT2D eigenvalue weighted by atomic mass is 9.98. The van der Waals surface area contributed by atoms with Crippen molar-refractivity contribution in [1.29, 1.82) is 0 Å². The summed E-state index contributed by atoms with van der Waals surface area (Å²) in [5.74, 6) is 0. The molecule has 0 radical (unpaired) electrons. The summed E-state index contributed by atoms with van der Waals surface area (Å²) in [6, 6.07) is -1.08. The van der Waals surface area contributed by atoms with E-state index in [1.165, 1.54) is 32.1 Å². The molecule has 0 spiro atoms. The fourth-order valence-corrected chi connectivity index (χ4v) is 2.88. The Bertz CT molecular complexity index is 258. The van der Waals surface area contributed by atoms with Crippen LogP contribution in [0.3, 0.4) is 0 Å². The smallest absolute Gasteiger partial charge is 0.0993 e. The van der Waals surface area contributed by atoms with Crippen LogP contribution in [0.2, 0.25) is 0 Å². The van der Waals surface area contributed by atoms with Crippen molar-refractivity contribution in [3.05, 3.63) is 0 Å². The molecule has 1 fully saturated rings. The van der Waals surface area contributed by atoms with E-state index in [4.69, 9.17) is 5.11 Å². The first-order valence-electron chi connectivity index (χ1n) is 8.03. The number of rotatable bonds is 10. The van der Waals surface area contributed by atoms with Crippen LogP contribution in [0.1, 0.15) is 58.3 Å². The van der Waals surface area contributed by atoms with Gasteiger partial charge in [0.1, 0.15) is 0 Å². The highest BCUT2D eigenvalue weighted by Crippen LogP contribution is 2.20. The maximum atomic E-state index is 10.1. The molecule has 1 heterocycles. The minimum Gasteiger partial charge on any atom is -0.395 e. The SMILES string of the molecule is CCCCCCCCC[C@H](O)[C@H]1N[C@H](CO)[C@@H](O)[C@@H]1O.Cl. The molecule has 5 nitrogen and oxygen atoms in total. The quantitative estimate of drug-likeness (QED) is 0.386. The summed E-state index contributed by atoms with van der Waals surface area (Å²) in [5.41, 5.74) is 0. The summed E-state index contributed by atoms with van der Waals surface area (Å²) < 4.78 is 0. The van der Waals surface area contributed by atoms with E-state index in [1.807, 2.05) is 0 Å². The van der Waals surface area contributed by atoms with Crippen LogP contribution >= 0.6 is 12.4 Å². The van der Waals surface area contributed by atoms with E-state index in [1.54, 1.807) is 0 Å². The fourth-order valence-electron chi connectivity index (χ4n) is 2.88. The second kappa shape index (κ2) is 11.6. The van der Waals surface area contributed by atoms with Crippen molar-refractivity contribution in [2.75, 3.05) is 6.61 Å². The van der Waals surface area contributed by atoms with Gasteiger partial charge in [0.2, 0.25) is 0 Å². The van der Waals surface area contributed by atoms with Crippen molar-refractivity contribution in [2.24, 2.45) is 0 Å². The Kier molecular flexibility index (Phi) is 11.7. The molecule has 0 aliphatic carbocycles. The molecular formula is C15H32ClNO4. The van der Waals surface area contributed by atoms with Gasteiger partial charge in [-0.05, 0) is 6.42 Å². The molecule has 1 rings (SSSR count). The number of hydrogen-bond acceptors (Lipinski definition) is 5. The largest absolute Gasteiger partial charge is 0.395 e. The molecule has 5 atom stereocenters. The van der Waals surface area contributed by atoms with Gasteiger partial charge in [-0.2, -0.15) is 0 Å². The lowest BCUT2D eigenvalue weighted by molar-refractivity contribution is -0.00443. The van der Waals surface area contributed by atoms with E-state index in [0.717, 1.165) is 12.8 Å². The number of hydrogen-bond donors (Lipinski definition) is 5. The Morgan fingerprint density at radius 2 is 1.52 bits per heavy atom. The Morgan fingerprint density at radius 3 is 2.05 bits per heavy atom. The molecule has 0 aromatic rings. The maximum absolute atomic E-state index is 10.1. The molecule has 0 amide bonds. The van der Waals surface area contributed by atoms with Crippen LogP contribution in [0.25, 0.3) is 0 Å². The van der Waals surface area contributed by atoms with Gasteiger partial charge in [0.05, 0.1) is 37.0 Å². The fraction of sp³-hybridized carbons (Fsp3) is 1.00. The maximum Gasteiger partial charge on any atom is 0.0993 e. The van der Waals surface area contributed by atoms with Gasteiger partial charge in [0, 0.05) is 0 Å². The number of halogens is 1. The Hall–Kier alpha value is 0.0900. The van der Waals surface area contributed by atoms with Gasteiger partial charge >= 0.3 is 0 Å². The Morgan fingerprint density at radius 1 is 0.952 bits per heavy atom. The molecule has 0 aromatic heterocycles. The lowest BCUT2D eigenvalue weighted by Crippen LogP contribution is -2.44. The van der Waals surface area contributed by atoms with Crippen molar-refractivity contribution in [2.45, 2.75) is 88.7 Å². The van der Waals surface area contributed by atoms with Crippen molar-refractivity contribution in [3.63, 3.8) is 0 Å². The average Bonchev–Trinajstić information content (AvgIpc) is 2.74.